The van der Waals surface area contributed by atoms with Crippen molar-refractivity contribution >= 4 is 5.97 Å². The molecule has 0 saturated carbocycles. The van der Waals surface area contributed by atoms with E-state index in [-0.39, 0.29) is 6.61 Å². The molecule has 1 atom stereocenters. The molecule has 2 N–H and O–H groups in total. The molecule has 1 aromatic carbocycles. The summed E-state index contributed by atoms with van der Waals surface area (Å²) in [6, 6.07) is 6.88. The summed E-state index contributed by atoms with van der Waals surface area (Å²) in [6.07, 6.45) is 0. The SMILES string of the molecule is CCNC(COc1ccccc1C)C(=O)O. The van der Waals surface area contributed by atoms with Crippen molar-refractivity contribution in [2.45, 2.75) is 19.9 Å². The number of ether oxygens (including phenoxy) is 1. The molecule has 0 fully saturated rings. The molecule has 0 saturated heterocycles. The maximum absolute atomic E-state index is 10.9. The summed E-state index contributed by atoms with van der Waals surface area (Å²) >= 11 is 0. The van der Waals surface area contributed by atoms with Gasteiger partial charge in [-0.15, -0.1) is 0 Å². The first kappa shape index (κ1) is 12.5. The molecule has 0 aliphatic rings. The number of para-hydroxylation sites is 1. The molecule has 0 spiro atoms. The van der Waals surface area contributed by atoms with Crippen molar-refractivity contribution in [3.63, 3.8) is 0 Å². The van der Waals surface area contributed by atoms with Crippen molar-refractivity contribution in [3.8, 4) is 5.75 Å². The van der Waals surface area contributed by atoms with Crippen molar-refractivity contribution in [2.75, 3.05) is 13.2 Å². The van der Waals surface area contributed by atoms with Crippen LogP contribution in [-0.2, 0) is 4.79 Å². The highest BCUT2D eigenvalue weighted by molar-refractivity contribution is 5.73. The lowest BCUT2D eigenvalue weighted by atomic mass is 10.2. The molecular weight excluding hydrogens is 206 g/mol. The number of hydrogen-bond donors (Lipinski definition) is 2. The van der Waals surface area contributed by atoms with Crippen LogP contribution >= 0.6 is 0 Å². The third kappa shape index (κ3) is 3.55. The number of aryl methyl sites for hydroxylation is 1. The number of hydrogen-bond acceptors (Lipinski definition) is 3. The topological polar surface area (TPSA) is 58.6 Å². The predicted molar refractivity (Wildman–Crippen MR) is 61.8 cm³/mol. The summed E-state index contributed by atoms with van der Waals surface area (Å²) in [5.74, 6) is -0.165. The van der Waals surface area contributed by atoms with Gasteiger partial charge in [-0.25, -0.2) is 0 Å². The average molecular weight is 223 g/mol. The fourth-order valence-corrected chi connectivity index (χ4v) is 1.36. The minimum atomic E-state index is -0.893. The molecule has 0 aliphatic carbocycles. The lowest BCUT2D eigenvalue weighted by molar-refractivity contribution is -0.140. The first-order valence-electron chi connectivity index (χ1n) is 5.29. The predicted octanol–water partition coefficient (Wildman–Crippen LogP) is 1.44. The van der Waals surface area contributed by atoms with Gasteiger partial charge < -0.3 is 15.2 Å². The maximum atomic E-state index is 10.9. The van der Waals surface area contributed by atoms with Crippen LogP contribution in [-0.4, -0.2) is 30.3 Å². The van der Waals surface area contributed by atoms with Gasteiger partial charge in [-0.2, -0.15) is 0 Å². The van der Waals surface area contributed by atoms with E-state index < -0.39 is 12.0 Å². The van der Waals surface area contributed by atoms with Crippen molar-refractivity contribution in [1.82, 2.24) is 5.32 Å². The minimum absolute atomic E-state index is 0.133. The number of carboxylic acid groups (broad SMARTS) is 1. The monoisotopic (exact) mass is 223 g/mol. The normalized spacial score (nSPS) is 12.1. The van der Waals surface area contributed by atoms with Crippen LogP contribution in [0.4, 0.5) is 0 Å². The fourth-order valence-electron chi connectivity index (χ4n) is 1.36. The Hall–Kier alpha value is -1.55. The number of rotatable bonds is 6. The lowest BCUT2D eigenvalue weighted by Crippen LogP contribution is -2.41. The third-order valence-electron chi connectivity index (χ3n) is 2.25. The van der Waals surface area contributed by atoms with Crippen molar-refractivity contribution < 1.29 is 14.6 Å². The summed E-state index contributed by atoms with van der Waals surface area (Å²) in [6.45, 7) is 4.53. The Morgan fingerprint density at radius 2 is 2.19 bits per heavy atom. The molecule has 1 rings (SSSR count). The minimum Gasteiger partial charge on any atom is -0.491 e. The molecule has 0 radical (unpaired) electrons. The van der Waals surface area contributed by atoms with Gasteiger partial charge in [-0.3, -0.25) is 4.79 Å². The zero-order valence-electron chi connectivity index (χ0n) is 9.56. The number of nitrogens with one attached hydrogen (secondary N) is 1. The molecule has 0 heterocycles. The van der Waals surface area contributed by atoms with Gasteiger partial charge in [0.2, 0.25) is 0 Å². The van der Waals surface area contributed by atoms with E-state index in [0.29, 0.717) is 6.54 Å². The third-order valence-corrected chi connectivity index (χ3v) is 2.25. The largest absolute Gasteiger partial charge is 0.491 e. The first-order chi connectivity index (χ1) is 7.65. The Kier molecular flexibility index (Phi) is 4.79. The lowest BCUT2D eigenvalue weighted by Gasteiger charge is -2.15. The Labute approximate surface area is 95.2 Å². The van der Waals surface area contributed by atoms with Crippen molar-refractivity contribution in [1.29, 1.82) is 0 Å². The smallest absolute Gasteiger partial charge is 0.324 e. The quantitative estimate of drug-likeness (QED) is 0.766. The van der Waals surface area contributed by atoms with E-state index in [4.69, 9.17) is 9.84 Å². The Balaban J connectivity index is 2.55. The summed E-state index contributed by atoms with van der Waals surface area (Å²) in [5, 5.41) is 11.8. The van der Waals surface area contributed by atoms with E-state index in [1.807, 2.05) is 38.1 Å². The fraction of sp³-hybridized carbons (Fsp3) is 0.417. The van der Waals surface area contributed by atoms with Gasteiger partial charge in [0.15, 0.2) is 0 Å². The van der Waals surface area contributed by atoms with E-state index in [2.05, 4.69) is 5.32 Å². The highest BCUT2D eigenvalue weighted by Gasteiger charge is 2.16. The van der Waals surface area contributed by atoms with Gasteiger partial charge >= 0.3 is 5.97 Å². The van der Waals surface area contributed by atoms with Gasteiger partial charge in [0.25, 0.3) is 0 Å². The van der Waals surface area contributed by atoms with Crippen LogP contribution in [0.25, 0.3) is 0 Å². The van der Waals surface area contributed by atoms with Crippen LogP contribution in [0.5, 0.6) is 5.75 Å². The van der Waals surface area contributed by atoms with E-state index in [9.17, 15) is 4.79 Å². The molecule has 0 aliphatic heterocycles. The first-order valence-corrected chi connectivity index (χ1v) is 5.29. The Morgan fingerprint density at radius 3 is 2.75 bits per heavy atom. The molecular formula is C12H17NO3. The van der Waals surface area contributed by atoms with Gasteiger partial charge in [-0.1, -0.05) is 25.1 Å². The van der Waals surface area contributed by atoms with Crippen LogP contribution < -0.4 is 10.1 Å². The Bertz CT molecular complexity index is 352. The van der Waals surface area contributed by atoms with Gasteiger partial charge in [0.1, 0.15) is 18.4 Å². The second-order valence-corrected chi connectivity index (χ2v) is 3.53. The summed E-state index contributed by atoms with van der Waals surface area (Å²) < 4.78 is 5.47. The highest BCUT2D eigenvalue weighted by Crippen LogP contribution is 2.16. The average Bonchev–Trinajstić information content (AvgIpc) is 2.26. The van der Waals surface area contributed by atoms with Crippen molar-refractivity contribution in [3.05, 3.63) is 29.8 Å². The van der Waals surface area contributed by atoms with E-state index in [1.165, 1.54) is 0 Å². The summed E-state index contributed by atoms with van der Waals surface area (Å²) in [7, 11) is 0. The molecule has 88 valence electrons. The zero-order chi connectivity index (χ0) is 12.0. The standard InChI is InChI=1S/C12H17NO3/c1-3-13-10(12(14)15)8-16-11-7-5-4-6-9(11)2/h4-7,10,13H,3,8H2,1-2H3,(H,14,15). The maximum Gasteiger partial charge on any atom is 0.324 e. The van der Waals surface area contributed by atoms with E-state index >= 15 is 0 Å². The zero-order valence-corrected chi connectivity index (χ0v) is 9.56. The summed E-state index contributed by atoms with van der Waals surface area (Å²) in [4.78, 5) is 10.9. The van der Waals surface area contributed by atoms with E-state index in [0.717, 1.165) is 11.3 Å². The van der Waals surface area contributed by atoms with Crippen molar-refractivity contribution in [2.24, 2.45) is 0 Å². The van der Waals surface area contributed by atoms with Crippen LogP contribution in [0.1, 0.15) is 12.5 Å². The molecule has 16 heavy (non-hydrogen) atoms. The van der Waals surface area contributed by atoms with Crippen LogP contribution in [0.2, 0.25) is 0 Å². The van der Waals surface area contributed by atoms with Crippen LogP contribution in [0.15, 0.2) is 24.3 Å². The number of carbonyl (C=O) groups is 1. The molecule has 0 amide bonds. The van der Waals surface area contributed by atoms with E-state index in [1.54, 1.807) is 0 Å². The molecule has 1 aromatic rings. The molecule has 4 nitrogen and oxygen atoms in total. The molecule has 0 bridgehead atoms. The number of aliphatic carboxylic acids is 1. The molecule has 4 heteroatoms. The number of carboxylic acids is 1. The summed E-state index contributed by atoms with van der Waals surface area (Å²) in [5.41, 5.74) is 1.00. The molecule has 0 aromatic heterocycles. The molecule has 1 unspecified atom stereocenters. The van der Waals surface area contributed by atoms with Gasteiger partial charge in [0.05, 0.1) is 0 Å². The highest BCUT2D eigenvalue weighted by atomic mass is 16.5. The van der Waals surface area contributed by atoms with Gasteiger partial charge in [-0.05, 0) is 25.1 Å². The number of likely N-dealkylation sites (N-methyl/N-ethyl adjacent to an activating group) is 1. The van der Waals surface area contributed by atoms with Gasteiger partial charge in [0, 0.05) is 0 Å². The number of benzene rings is 1. The van der Waals surface area contributed by atoms with Crippen LogP contribution in [0, 0.1) is 6.92 Å². The second-order valence-electron chi connectivity index (χ2n) is 3.53. The Morgan fingerprint density at radius 1 is 1.50 bits per heavy atom. The second kappa shape index (κ2) is 6.12. The van der Waals surface area contributed by atoms with Crippen LogP contribution in [0.3, 0.4) is 0 Å².